The van der Waals surface area contributed by atoms with Crippen LogP contribution in [-0.4, -0.2) is 5.78 Å². The van der Waals surface area contributed by atoms with E-state index in [0.29, 0.717) is 22.5 Å². The van der Waals surface area contributed by atoms with Gasteiger partial charge >= 0.3 is 0 Å². The fraction of sp³-hybridized carbons (Fsp3) is 0.857. The molecule has 0 aromatic heterocycles. The Bertz CT molecular complexity index is 469. The van der Waals surface area contributed by atoms with Gasteiger partial charge in [0, 0.05) is 5.92 Å². The Labute approximate surface area is 136 Å². The van der Waals surface area contributed by atoms with Crippen LogP contribution in [0.5, 0.6) is 0 Å². The number of rotatable bonds is 1. The maximum absolute atomic E-state index is 12.1. The molecule has 2 radical (unpaired) electrons. The van der Waals surface area contributed by atoms with Gasteiger partial charge in [-0.15, -0.1) is 0 Å². The average molecular weight is 300 g/mol. The molecule has 4 aliphatic carbocycles. The highest BCUT2D eigenvalue weighted by Gasteiger charge is 2.60. The first-order valence-corrected chi connectivity index (χ1v) is 9.62. The molecule has 0 amide bonds. The summed E-state index contributed by atoms with van der Waals surface area (Å²) in [6.45, 7) is 6.89. The molecule has 0 N–H and O–H groups in total. The van der Waals surface area contributed by atoms with Gasteiger partial charge in [0.25, 0.3) is 0 Å². The van der Waals surface area contributed by atoms with Crippen molar-refractivity contribution in [2.24, 2.45) is 40.4 Å². The number of fused-ring (bicyclic) bond motifs is 5. The first-order valence-electron chi connectivity index (χ1n) is 9.62. The van der Waals surface area contributed by atoms with Gasteiger partial charge in [0.05, 0.1) is 0 Å². The van der Waals surface area contributed by atoms with Crippen molar-refractivity contribution in [1.82, 2.24) is 0 Å². The van der Waals surface area contributed by atoms with E-state index in [4.69, 9.17) is 0 Å². The molecule has 22 heavy (non-hydrogen) atoms. The topological polar surface area (TPSA) is 17.1 Å². The quantitative estimate of drug-likeness (QED) is 0.646. The number of Topliss-reactive ketones (excluding diaryl/α,β-unsaturated/α-hetero) is 1. The van der Waals surface area contributed by atoms with Crippen LogP contribution >= 0.6 is 0 Å². The largest absolute Gasteiger partial charge is 0.300 e. The van der Waals surface area contributed by atoms with Gasteiger partial charge in [-0.1, -0.05) is 13.8 Å². The molecule has 1 nitrogen and oxygen atoms in total. The number of hydrogen-bond donors (Lipinski definition) is 0. The Morgan fingerprint density at radius 2 is 1.77 bits per heavy atom. The van der Waals surface area contributed by atoms with Crippen molar-refractivity contribution in [3.05, 3.63) is 12.8 Å². The Balaban J connectivity index is 1.63. The first kappa shape index (κ1) is 15.2. The zero-order chi connectivity index (χ0) is 15.5. The van der Waals surface area contributed by atoms with Crippen LogP contribution in [0.4, 0.5) is 0 Å². The highest BCUT2D eigenvalue weighted by molar-refractivity contribution is 5.79. The summed E-state index contributed by atoms with van der Waals surface area (Å²) >= 11 is 0. The van der Waals surface area contributed by atoms with Gasteiger partial charge in [-0.3, -0.25) is 4.79 Å². The highest BCUT2D eigenvalue weighted by atomic mass is 16.1. The minimum atomic E-state index is 0.299. The van der Waals surface area contributed by atoms with Crippen molar-refractivity contribution in [1.29, 1.82) is 0 Å². The summed E-state index contributed by atoms with van der Waals surface area (Å²) in [6.07, 6.45) is 15.8. The molecule has 0 aromatic rings. The second-order valence-electron chi connectivity index (χ2n) is 9.31. The maximum Gasteiger partial charge on any atom is 0.133 e. The fourth-order valence-electron chi connectivity index (χ4n) is 7.34. The van der Waals surface area contributed by atoms with Gasteiger partial charge in [-0.25, -0.2) is 0 Å². The van der Waals surface area contributed by atoms with E-state index in [2.05, 4.69) is 26.7 Å². The lowest BCUT2D eigenvalue weighted by Crippen LogP contribution is -2.53. The van der Waals surface area contributed by atoms with E-state index < -0.39 is 0 Å². The second-order valence-corrected chi connectivity index (χ2v) is 9.31. The van der Waals surface area contributed by atoms with E-state index in [-0.39, 0.29) is 0 Å². The molecule has 0 heterocycles. The second kappa shape index (κ2) is 5.08. The standard InChI is InChI=1S/C21H32O/c1-14(22)17-9-10-18-16-8-7-15-6-4-5-12-20(15,2)19(16)11-13-21(17,18)3/h4,8,15-19H,5-7,9-13H2,1-3H3/t15-,16-,17+,18-,19-,20-,21+/m0/s1. The monoisotopic (exact) mass is 300 g/mol. The van der Waals surface area contributed by atoms with Gasteiger partial charge < -0.3 is 0 Å². The van der Waals surface area contributed by atoms with Crippen LogP contribution in [0, 0.1) is 53.3 Å². The van der Waals surface area contributed by atoms with Crippen molar-refractivity contribution < 1.29 is 4.79 Å². The third-order valence-electron chi connectivity index (χ3n) is 8.63. The molecule has 7 atom stereocenters. The van der Waals surface area contributed by atoms with Crippen molar-refractivity contribution in [2.75, 3.05) is 0 Å². The van der Waals surface area contributed by atoms with Crippen molar-refractivity contribution in [2.45, 2.75) is 72.1 Å². The van der Waals surface area contributed by atoms with Crippen LogP contribution in [0.1, 0.15) is 72.1 Å². The predicted molar refractivity (Wildman–Crippen MR) is 89.9 cm³/mol. The van der Waals surface area contributed by atoms with Crippen LogP contribution in [0.3, 0.4) is 0 Å². The number of carbonyl (C=O) groups excluding carboxylic acids is 1. The minimum absolute atomic E-state index is 0.299. The SMILES string of the molecule is CC(=O)[C@H]1CC[C@H]2[C@@H]3[CH]C[C@@H]4C[CH]CC[C@]4(C)[C@H]3CC[C@]12C. The van der Waals surface area contributed by atoms with Crippen LogP contribution in [0.15, 0.2) is 0 Å². The van der Waals surface area contributed by atoms with Crippen molar-refractivity contribution >= 4 is 5.78 Å². The number of hydrogen-bond acceptors (Lipinski definition) is 1. The lowest BCUT2D eigenvalue weighted by Gasteiger charge is -2.60. The molecule has 0 unspecified atom stereocenters. The van der Waals surface area contributed by atoms with Gasteiger partial charge in [0.15, 0.2) is 0 Å². The zero-order valence-corrected chi connectivity index (χ0v) is 14.6. The van der Waals surface area contributed by atoms with Crippen LogP contribution < -0.4 is 0 Å². The molecule has 0 spiro atoms. The summed E-state index contributed by atoms with van der Waals surface area (Å²) in [5.74, 6) is 4.17. The lowest BCUT2D eigenvalue weighted by atomic mass is 9.45. The van der Waals surface area contributed by atoms with Crippen LogP contribution in [0.25, 0.3) is 0 Å². The van der Waals surface area contributed by atoms with E-state index >= 15 is 0 Å². The number of ketones is 1. The van der Waals surface area contributed by atoms with E-state index in [1.165, 1.54) is 44.9 Å². The van der Waals surface area contributed by atoms with E-state index in [1.54, 1.807) is 0 Å². The summed E-state index contributed by atoms with van der Waals surface area (Å²) in [5.41, 5.74) is 0.872. The van der Waals surface area contributed by atoms with E-state index in [9.17, 15) is 4.79 Å². The Morgan fingerprint density at radius 1 is 1.00 bits per heavy atom. The van der Waals surface area contributed by atoms with E-state index in [0.717, 1.165) is 30.1 Å². The predicted octanol–water partition coefficient (Wildman–Crippen LogP) is 5.25. The summed E-state index contributed by atoms with van der Waals surface area (Å²) in [7, 11) is 0. The Morgan fingerprint density at radius 3 is 2.55 bits per heavy atom. The fourth-order valence-corrected chi connectivity index (χ4v) is 7.34. The Hall–Kier alpha value is -0.330. The molecule has 4 rings (SSSR count). The van der Waals surface area contributed by atoms with Gasteiger partial charge in [0.1, 0.15) is 5.78 Å². The lowest BCUT2D eigenvalue weighted by molar-refractivity contribution is -0.129. The summed E-state index contributed by atoms with van der Waals surface area (Å²) < 4.78 is 0. The molecular weight excluding hydrogens is 268 g/mol. The molecule has 122 valence electrons. The molecule has 4 aliphatic rings. The molecule has 4 fully saturated rings. The van der Waals surface area contributed by atoms with Gasteiger partial charge in [-0.2, -0.15) is 0 Å². The summed E-state index contributed by atoms with van der Waals surface area (Å²) in [6, 6.07) is 0. The van der Waals surface area contributed by atoms with Crippen LogP contribution in [-0.2, 0) is 4.79 Å². The third kappa shape index (κ3) is 1.93. The zero-order valence-electron chi connectivity index (χ0n) is 14.6. The average Bonchev–Trinajstić information content (AvgIpc) is 2.84. The molecule has 0 bridgehead atoms. The molecule has 0 aliphatic heterocycles. The molecule has 1 heteroatoms. The van der Waals surface area contributed by atoms with Crippen molar-refractivity contribution in [3.8, 4) is 0 Å². The number of carbonyl (C=O) groups is 1. The molecule has 4 saturated carbocycles. The Kier molecular flexibility index (Phi) is 3.51. The minimum Gasteiger partial charge on any atom is -0.300 e. The van der Waals surface area contributed by atoms with E-state index in [1.807, 2.05) is 6.92 Å². The smallest absolute Gasteiger partial charge is 0.133 e. The van der Waals surface area contributed by atoms with Gasteiger partial charge in [-0.05, 0) is 106 Å². The summed E-state index contributed by atoms with van der Waals surface area (Å²) in [5, 5.41) is 0. The highest BCUT2D eigenvalue weighted by Crippen LogP contribution is 2.67. The third-order valence-corrected chi connectivity index (χ3v) is 8.63. The van der Waals surface area contributed by atoms with Crippen molar-refractivity contribution in [3.63, 3.8) is 0 Å². The van der Waals surface area contributed by atoms with Gasteiger partial charge in [0.2, 0.25) is 0 Å². The maximum atomic E-state index is 12.1. The molecular formula is C21H32O. The molecule has 0 saturated heterocycles. The normalized spacial score (nSPS) is 54.2. The summed E-state index contributed by atoms with van der Waals surface area (Å²) in [4.78, 5) is 12.1. The first-order chi connectivity index (χ1) is 10.5. The molecule has 0 aromatic carbocycles. The van der Waals surface area contributed by atoms with Crippen LogP contribution in [0.2, 0.25) is 0 Å².